The van der Waals surface area contributed by atoms with Crippen LogP contribution in [0.4, 0.5) is 43.9 Å². The molecule has 0 aromatic heterocycles. The van der Waals surface area contributed by atoms with E-state index in [0.29, 0.717) is 14.1 Å². The maximum Gasteiger partial charge on any atom is 1.00 e. The van der Waals surface area contributed by atoms with E-state index in [2.05, 4.69) is 79.0 Å². The normalized spacial score (nSPS) is 6.67. The Morgan fingerprint density at radius 2 is 0.744 bits per heavy atom. The fourth-order valence-electron chi connectivity index (χ4n) is 0. The van der Waals surface area contributed by atoms with Crippen molar-refractivity contribution in [3.05, 3.63) is 62.2 Å². The van der Waals surface area contributed by atoms with Crippen LogP contribution in [0.25, 0.3) is 0 Å². The van der Waals surface area contributed by atoms with Crippen LogP contribution in [0.3, 0.4) is 0 Å². The molecule has 0 nitrogen and oxygen atoms in total. The maximum atomic E-state index is 11.3. The van der Waals surface area contributed by atoms with Crippen LogP contribution in [0.5, 0.6) is 0 Å². The van der Waals surface area contributed by atoms with Gasteiger partial charge in [-0.3, -0.25) is 4.39 Å². The third-order valence-corrected chi connectivity index (χ3v) is 1.59. The van der Waals surface area contributed by atoms with Gasteiger partial charge >= 0.3 is 56.0 Å². The van der Waals surface area contributed by atoms with Crippen molar-refractivity contribution in [1.29, 1.82) is 0 Å². The molecule has 0 radical (unpaired) electrons. The summed E-state index contributed by atoms with van der Waals surface area (Å²) in [4.78, 5) is 0. The average Bonchev–Trinajstić information content (AvgIpc) is 2.94. The molecule has 260 valence electrons. The Morgan fingerprint density at radius 1 is 0.651 bits per heavy atom. The number of unbranched alkanes of at least 4 members (excludes halogenated alkanes) is 2. The summed E-state index contributed by atoms with van der Waals surface area (Å²) in [5, 5.41) is 0. The molecule has 0 unspecified atom stereocenters. The molecule has 0 saturated heterocycles. The molecule has 0 fully saturated rings. The first kappa shape index (κ1) is 90.3. The summed E-state index contributed by atoms with van der Waals surface area (Å²) in [6.45, 7) is 27.6. The molecular weight excluding hydrogens is 676 g/mol. The number of hydrogen-bond acceptors (Lipinski definition) is 4. The van der Waals surface area contributed by atoms with Crippen molar-refractivity contribution in [2.45, 2.75) is 102 Å². The Kier molecular flexibility index (Phi) is 256. The maximum absolute atomic E-state index is 11.3. The standard InChI is InChI=1S/C4H6F2.2C4H9.C3H3F3.C3H6.C2F4.2C2H6.CH3F.CH4.2Li.S3.S2.H2/c1-3(5)4(2)6;2*1-3-4-2;1-2(4)3(5)6;1-3-2;3-1(4)2(5)6;3*1-2;;;;1-3-2;1-2;/h1-2H3;2*1,3-4H2,2H3;1H3;3H,1H2,2H3;;2*1-2H3;1H3;1H4;;;;;1H/q;2*-1;;;;;;;;2*+1;;;/b4-3+;;;;;;;;;;;;;;. The van der Waals surface area contributed by atoms with Crippen LogP contribution >= 0.6 is 0 Å². The van der Waals surface area contributed by atoms with E-state index in [1.54, 1.807) is 6.08 Å². The Hall–Kier alpha value is 0.555. The molecule has 43 heavy (non-hydrogen) atoms. The van der Waals surface area contributed by atoms with Crippen LogP contribution in [-0.2, 0) is 53.6 Å². The van der Waals surface area contributed by atoms with Crippen LogP contribution in [0.1, 0.15) is 104 Å². The van der Waals surface area contributed by atoms with Crippen molar-refractivity contribution >= 4 is 53.6 Å². The zero-order chi connectivity index (χ0) is 35.7. The predicted molar refractivity (Wildman–Crippen MR) is 180 cm³/mol. The molecule has 0 N–H and O–H groups in total. The van der Waals surface area contributed by atoms with Crippen LogP contribution in [0.2, 0.25) is 0 Å². The third kappa shape index (κ3) is 330. The van der Waals surface area contributed by atoms with Crippen molar-refractivity contribution in [3.63, 3.8) is 0 Å². The van der Waals surface area contributed by atoms with Gasteiger partial charge in [-0.2, -0.15) is 39.2 Å². The van der Waals surface area contributed by atoms with Gasteiger partial charge in [-0.1, -0.05) is 67.9 Å². The minimum absolute atomic E-state index is 0. The molecule has 0 amide bonds. The van der Waals surface area contributed by atoms with E-state index < -0.39 is 35.7 Å². The zero-order valence-corrected chi connectivity index (χ0v) is 31.4. The average molecular weight is 731 g/mol. The van der Waals surface area contributed by atoms with Gasteiger partial charge in [0.2, 0.25) is 0 Å². The van der Waals surface area contributed by atoms with E-state index in [0.717, 1.165) is 35.6 Å². The van der Waals surface area contributed by atoms with Crippen LogP contribution in [0, 0.1) is 13.8 Å². The molecule has 17 heteroatoms. The largest absolute Gasteiger partial charge is 1.00 e. The summed E-state index contributed by atoms with van der Waals surface area (Å²) in [6, 6.07) is 0. The molecule has 0 rings (SSSR count). The minimum Gasteiger partial charge on any atom is -0.343 e. The summed E-state index contributed by atoms with van der Waals surface area (Å²) >= 11 is 15.6. The predicted octanol–water partition coefficient (Wildman–Crippen LogP) is 8.20. The molecule has 0 atom stereocenters. The summed E-state index contributed by atoms with van der Waals surface area (Å²) in [5.41, 5.74) is 0. The minimum atomic E-state index is -2.91. The molecule has 0 aliphatic rings. The van der Waals surface area contributed by atoms with E-state index in [4.69, 9.17) is 0 Å². The second-order valence-electron chi connectivity index (χ2n) is 4.57. The molecule has 0 heterocycles. The van der Waals surface area contributed by atoms with Gasteiger partial charge in [0.15, 0.2) is 5.83 Å². The SMILES string of the molecule is C.C/C(F)=C(/C)F.C=CC.CC.CC.CC(F)=C(F)F.CF.FC(F)=C(F)F.S=S.S=S=S.[CH2-]CCC.[CH2-]CCC.[HH].[Li+].[Li+]. The van der Waals surface area contributed by atoms with Crippen molar-refractivity contribution in [2.75, 3.05) is 7.18 Å². The number of alkyl halides is 1. The van der Waals surface area contributed by atoms with Gasteiger partial charge in [-0.15, -0.1) is 6.58 Å². The van der Waals surface area contributed by atoms with Crippen LogP contribution < -0.4 is 37.7 Å². The Morgan fingerprint density at radius 3 is 0.744 bits per heavy atom. The Bertz CT molecular complexity index is 443. The number of allylic oxidation sites excluding steroid dienone is 4. The smallest absolute Gasteiger partial charge is 0.343 e. The molecule has 0 aliphatic carbocycles. The fourth-order valence-corrected chi connectivity index (χ4v) is 0. The van der Waals surface area contributed by atoms with E-state index in [9.17, 15) is 43.9 Å². The second kappa shape index (κ2) is 122. The van der Waals surface area contributed by atoms with Crippen molar-refractivity contribution < 1.29 is 83.1 Å². The van der Waals surface area contributed by atoms with Crippen LogP contribution in [-0.4, -0.2) is 7.18 Å². The van der Waals surface area contributed by atoms with Gasteiger partial charge in [0.1, 0.15) is 11.7 Å². The topological polar surface area (TPSA) is 0 Å². The van der Waals surface area contributed by atoms with E-state index in [1.807, 2.05) is 34.6 Å². The van der Waals surface area contributed by atoms with Gasteiger partial charge in [-0.05, 0) is 27.7 Å². The Balaban J connectivity index is -0.0000000165. The molecule has 0 saturated carbocycles. The molecular formula is C26H54F10Li2S5. The quantitative estimate of drug-likeness (QED) is 0.122. The van der Waals surface area contributed by atoms with Crippen LogP contribution in [0.15, 0.2) is 48.4 Å². The molecule has 0 bridgehead atoms. The van der Waals surface area contributed by atoms with Gasteiger partial charge in [0.05, 0.1) is 7.18 Å². The first-order valence-electron chi connectivity index (χ1n) is 11.2. The fraction of sp³-hybridized carbons (Fsp3) is 0.615. The molecule has 0 aromatic rings. The second-order valence-corrected chi connectivity index (χ2v) is 6.33. The Labute approximate surface area is 306 Å². The van der Waals surface area contributed by atoms with E-state index in [1.165, 1.54) is 12.8 Å². The van der Waals surface area contributed by atoms with Gasteiger partial charge in [0.25, 0.3) is 0 Å². The van der Waals surface area contributed by atoms with Gasteiger partial charge < -0.3 is 13.8 Å². The number of hydrogen-bond donors (Lipinski definition) is 0. The number of halogens is 10. The van der Waals surface area contributed by atoms with Crippen molar-refractivity contribution in [3.8, 4) is 0 Å². The summed E-state index contributed by atoms with van der Waals surface area (Å²) < 4.78 is 106. The zero-order valence-electron chi connectivity index (χ0n) is 27.3. The summed E-state index contributed by atoms with van der Waals surface area (Å²) in [7, 11) is 1.42. The summed E-state index contributed by atoms with van der Waals surface area (Å²) in [5.74, 6) is -2.89. The monoisotopic (exact) mass is 730 g/mol. The first-order chi connectivity index (χ1) is 18.6. The molecule has 0 spiro atoms. The molecule has 0 aromatic carbocycles. The van der Waals surface area contributed by atoms with E-state index in [-0.39, 0.29) is 46.6 Å². The van der Waals surface area contributed by atoms with E-state index >= 15 is 0 Å². The third-order valence-electron chi connectivity index (χ3n) is 1.59. The molecule has 0 aliphatic heterocycles. The number of rotatable bonds is 2. The first-order valence-corrected chi connectivity index (χ1v) is 15.2. The van der Waals surface area contributed by atoms with Crippen molar-refractivity contribution in [1.82, 2.24) is 0 Å². The summed E-state index contributed by atoms with van der Waals surface area (Å²) in [6.07, 6.45) is -1.75. The van der Waals surface area contributed by atoms with Gasteiger partial charge in [0, 0.05) is 55.1 Å². The van der Waals surface area contributed by atoms with Crippen molar-refractivity contribution in [2.24, 2.45) is 0 Å². The van der Waals surface area contributed by atoms with Gasteiger partial charge in [-0.25, -0.2) is 13.2 Å².